The summed E-state index contributed by atoms with van der Waals surface area (Å²) in [5, 5.41) is 7.05. The van der Waals surface area contributed by atoms with Crippen molar-refractivity contribution in [3.8, 4) is 0 Å². The number of piperidine rings is 1. The molecule has 0 aromatic carbocycles. The Kier molecular flexibility index (Phi) is 4.43. The van der Waals surface area contributed by atoms with Gasteiger partial charge in [-0.05, 0) is 18.8 Å². The second-order valence-corrected chi connectivity index (χ2v) is 7.35. The van der Waals surface area contributed by atoms with Crippen LogP contribution in [-0.4, -0.2) is 67.4 Å². The summed E-state index contributed by atoms with van der Waals surface area (Å²) in [5.41, 5.74) is 5.51. The van der Waals surface area contributed by atoms with Crippen molar-refractivity contribution in [2.45, 2.75) is 24.0 Å². The van der Waals surface area contributed by atoms with Gasteiger partial charge in [0.2, 0.25) is 17.0 Å². The van der Waals surface area contributed by atoms with Gasteiger partial charge in [0.15, 0.2) is 0 Å². The molecule has 3 aliphatic rings. The minimum Gasteiger partial charge on any atom is -0.368 e. The number of nitrogens with zero attached hydrogens (tertiary/aromatic N) is 6. The van der Waals surface area contributed by atoms with E-state index in [1.54, 1.807) is 18.6 Å². The van der Waals surface area contributed by atoms with Gasteiger partial charge in [-0.15, -0.1) is 5.10 Å². The number of carbonyl (C=O) groups excluding carboxylic acids is 1. The van der Waals surface area contributed by atoms with Crippen molar-refractivity contribution in [1.82, 2.24) is 30.0 Å². The summed E-state index contributed by atoms with van der Waals surface area (Å²) in [6, 6.07) is 0.214. The Balaban J connectivity index is 1.42. The number of nitrogens with one attached hydrogen (secondary N) is 1. The third-order valence-electron chi connectivity index (χ3n) is 4.71. The van der Waals surface area contributed by atoms with Crippen molar-refractivity contribution >= 4 is 29.4 Å². The molecule has 3 aliphatic heterocycles. The molecule has 1 amide bonds. The predicted molar refractivity (Wildman–Crippen MR) is 94.0 cm³/mol. The summed E-state index contributed by atoms with van der Waals surface area (Å²) < 4.78 is 0. The van der Waals surface area contributed by atoms with Crippen LogP contribution in [0.25, 0.3) is 0 Å². The highest BCUT2D eigenvalue weighted by molar-refractivity contribution is 7.99. The lowest BCUT2D eigenvalue weighted by Gasteiger charge is -2.36. The first-order valence-electron chi connectivity index (χ1n) is 8.30. The van der Waals surface area contributed by atoms with Gasteiger partial charge in [0.1, 0.15) is 5.82 Å². The molecule has 10 heteroatoms. The van der Waals surface area contributed by atoms with Crippen molar-refractivity contribution < 1.29 is 4.79 Å². The van der Waals surface area contributed by atoms with Crippen LogP contribution in [0.15, 0.2) is 23.7 Å². The van der Waals surface area contributed by atoms with E-state index >= 15 is 0 Å². The number of thioether (sulfide) groups is 1. The number of carbonyl (C=O) groups is 1. The van der Waals surface area contributed by atoms with Crippen molar-refractivity contribution in [2.24, 2.45) is 5.92 Å². The standard InChI is InChI=1S/C15H20N8OS/c16-14-19-15(21-20-14)25-9-13(24)23-7-10-1-2-11(23)8-22(6-10)12-5-17-3-4-18-12/h3-5,10-11H,1-2,6-9H2,(H3,16,19,20,21)/t10-,11+/m0/s1. The van der Waals surface area contributed by atoms with Crippen LogP contribution in [0.2, 0.25) is 0 Å². The Morgan fingerprint density at radius 1 is 1.32 bits per heavy atom. The molecule has 3 saturated heterocycles. The number of aromatic nitrogens is 5. The zero-order valence-corrected chi connectivity index (χ0v) is 14.5. The topological polar surface area (TPSA) is 117 Å². The predicted octanol–water partition coefficient (Wildman–Crippen LogP) is 0.396. The first-order chi connectivity index (χ1) is 12.2. The van der Waals surface area contributed by atoms with E-state index in [1.165, 1.54) is 11.8 Å². The molecule has 25 heavy (non-hydrogen) atoms. The minimum absolute atomic E-state index is 0.129. The van der Waals surface area contributed by atoms with Crippen LogP contribution >= 0.6 is 11.8 Å². The maximum atomic E-state index is 12.7. The van der Waals surface area contributed by atoms with E-state index < -0.39 is 0 Å². The third kappa shape index (κ3) is 3.53. The van der Waals surface area contributed by atoms with Gasteiger partial charge >= 0.3 is 0 Å². The zero-order chi connectivity index (χ0) is 17.2. The average molecular weight is 360 g/mol. The summed E-state index contributed by atoms with van der Waals surface area (Å²) in [6.07, 6.45) is 7.37. The van der Waals surface area contributed by atoms with Crippen molar-refractivity contribution in [1.29, 1.82) is 0 Å². The van der Waals surface area contributed by atoms with Crippen LogP contribution in [0, 0.1) is 5.92 Å². The molecule has 0 aliphatic carbocycles. The molecule has 9 nitrogen and oxygen atoms in total. The molecule has 2 aromatic heterocycles. The van der Waals surface area contributed by atoms with E-state index in [1.807, 2.05) is 4.90 Å². The van der Waals surface area contributed by atoms with Crippen LogP contribution in [0.5, 0.6) is 0 Å². The largest absolute Gasteiger partial charge is 0.368 e. The van der Waals surface area contributed by atoms with Gasteiger partial charge in [-0.2, -0.15) is 4.98 Å². The monoisotopic (exact) mass is 360 g/mol. The SMILES string of the molecule is Nc1nc(SCC(=O)N2C[C@H]3CC[C@@H]2CN(c2cnccn2)C3)n[nH]1. The average Bonchev–Trinajstić information content (AvgIpc) is 2.85. The maximum absolute atomic E-state index is 12.7. The van der Waals surface area contributed by atoms with Crippen LogP contribution in [0.4, 0.5) is 11.8 Å². The van der Waals surface area contributed by atoms with Gasteiger partial charge in [0.05, 0.1) is 11.9 Å². The highest BCUT2D eigenvalue weighted by Gasteiger charge is 2.37. The van der Waals surface area contributed by atoms with Crippen LogP contribution in [0.3, 0.4) is 0 Å². The number of fused-ring (bicyclic) bond motifs is 4. The van der Waals surface area contributed by atoms with Gasteiger partial charge in [0.25, 0.3) is 0 Å². The van der Waals surface area contributed by atoms with Gasteiger partial charge in [-0.1, -0.05) is 11.8 Å². The quantitative estimate of drug-likeness (QED) is 0.752. The second-order valence-electron chi connectivity index (χ2n) is 6.40. The van der Waals surface area contributed by atoms with Gasteiger partial charge in [-0.25, -0.2) is 10.1 Å². The first kappa shape index (κ1) is 16.1. The fraction of sp³-hybridized carbons (Fsp3) is 0.533. The Hall–Kier alpha value is -2.36. The Morgan fingerprint density at radius 2 is 2.24 bits per heavy atom. The Labute approximate surface area is 149 Å². The fourth-order valence-corrected chi connectivity index (χ4v) is 4.25. The van der Waals surface area contributed by atoms with E-state index in [9.17, 15) is 4.79 Å². The highest BCUT2D eigenvalue weighted by atomic mass is 32.2. The lowest BCUT2D eigenvalue weighted by molar-refractivity contribution is -0.132. The smallest absolute Gasteiger partial charge is 0.233 e. The normalized spacial score (nSPS) is 22.9. The van der Waals surface area contributed by atoms with Gasteiger partial charge < -0.3 is 15.5 Å². The van der Waals surface area contributed by atoms with Crippen LogP contribution in [0.1, 0.15) is 12.8 Å². The zero-order valence-electron chi connectivity index (χ0n) is 13.7. The van der Waals surface area contributed by atoms with Gasteiger partial charge in [0, 0.05) is 38.1 Å². The Morgan fingerprint density at radius 3 is 3.00 bits per heavy atom. The van der Waals surface area contributed by atoms with E-state index in [2.05, 4.69) is 30.0 Å². The number of hydrogen-bond donors (Lipinski definition) is 2. The summed E-state index contributed by atoms with van der Waals surface area (Å²) in [4.78, 5) is 29.6. The number of rotatable bonds is 4. The van der Waals surface area contributed by atoms with Crippen LogP contribution < -0.4 is 10.6 Å². The summed E-state index contributed by atoms with van der Waals surface area (Å²) >= 11 is 1.31. The summed E-state index contributed by atoms with van der Waals surface area (Å²) in [7, 11) is 0. The first-order valence-corrected chi connectivity index (χ1v) is 9.28. The third-order valence-corrected chi connectivity index (χ3v) is 5.55. The molecule has 5 heterocycles. The molecular weight excluding hydrogens is 340 g/mol. The van der Waals surface area contributed by atoms with Gasteiger partial charge in [-0.3, -0.25) is 9.78 Å². The number of anilines is 2. The van der Waals surface area contributed by atoms with Crippen molar-refractivity contribution in [2.75, 3.05) is 36.0 Å². The van der Waals surface area contributed by atoms with Crippen molar-refractivity contribution in [3.05, 3.63) is 18.6 Å². The molecule has 2 bridgehead atoms. The van der Waals surface area contributed by atoms with E-state index in [-0.39, 0.29) is 17.9 Å². The summed E-state index contributed by atoms with van der Waals surface area (Å²) in [5.74, 6) is 2.08. The molecule has 2 atom stereocenters. The molecular formula is C15H20N8OS. The fourth-order valence-electron chi connectivity index (χ4n) is 3.56. The molecule has 2 aromatic rings. The Bertz CT molecular complexity index is 738. The highest BCUT2D eigenvalue weighted by Crippen LogP contribution is 2.30. The maximum Gasteiger partial charge on any atom is 0.233 e. The number of amides is 1. The van der Waals surface area contributed by atoms with E-state index in [4.69, 9.17) is 5.73 Å². The summed E-state index contributed by atoms with van der Waals surface area (Å²) in [6.45, 7) is 2.53. The number of nitrogens with two attached hydrogens (primary N) is 1. The molecule has 0 radical (unpaired) electrons. The molecule has 3 N–H and O–H groups in total. The molecule has 0 saturated carbocycles. The van der Waals surface area contributed by atoms with E-state index in [0.717, 1.165) is 38.3 Å². The lowest BCUT2D eigenvalue weighted by atomic mass is 9.95. The number of hydrogen-bond acceptors (Lipinski definition) is 8. The molecule has 5 rings (SSSR count). The van der Waals surface area contributed by atoms with Crippen molar-refractivity contribution in [3.63, 3.8) is 0 Å². The number of nitrogen functional groups attached to an aromatic ring is 1. The number of H-pyrrole nitrogens is 1. The molecule has 0 unspecified atom stereocenters. The van der Waals surface area contributed by atoms with E-state index in [0.29, 0.717) is 16.8 Å². The second kappa shape index (κ2) is 6.87. The molecule has 3 fully saturated rings. The minimum atomic E-state index is 0.129. The molecule has 132 valence electrons. The van der Waals surface area contributed by atoms with Crippen LogP contribution in [-0.2, 0) is 4.79 Å². The molecule has 0 spiro atoms. The number of aromatic amines is 1. The lowest BCUT2D eigenvalue weighted by Crippen LogP contribution is -2.48.